The second-order valence-corrected chi connectivity index (χ2v) is 3.27. The minimum absolute atomic E-state index is 0.914. The van der Waals surface area contributed by atoms with Crippen molar-refractivity contribution in [3.05, 3.63) is 23.4 Å². The van der Waals surface area contributed by atoms with Crippen molar-refractivity contribution in [1.82, 2.24) is 10.3 Å². The molecule has 1 aliphatic rings. The highest BCUT2D eigenvalue weighted by Gasteiger charge is 2.11. The second kappa shape index (κ2) is 2.75. The average Bonchev–Trinajstić information content (AvgIpc) is 2.49. The quantitative estimate of drug-likeness (QED) is 0.662. The van der Waals surface area contributed by atoms with Gasteiger partial charge in [0.1, 0.15) is 5.82 Å². The lowest BCUT2D eigenvalue weighted by molar-refractivity contribution is 0.757. The largest absolute Gasteiger partial charge is 0.363 e. The molecule has 0 atom stereocenters. The van der Waals surface area contributed by atoms with Gasteiger partial charge in [0.15, 0.2) is 0 Å². The lowest BCUT2D eigenvalue weighted by atomic mass is 10.2. The monoisotopic (exact) mass is 163 g/mol. The Kier molecular flexibility index (Phi) is 1.73. The molecule has 0 aromatic carbocycles. The Morgan fingerprint density at radius 3 is 2.92 bits per heavy atom. The zero-order chi connectivity index (χ0) is 8.55. The van der Waals surface area contributed by atoms with E-state index in [-0.39, 0.29) is 0 Å². The SMILES string of the molecule is CN(C)c1ccc2c(n1)CNC2. The predicted molar refractivity (Wildman–Crippen MR) is 49.1 cm³/mol. The fraction of sp³-hybridized carbons (Fsp3) is 0.444. The zero-order valence-corrected chi connectivity index (χ0v) is 7.46. The molecule has 2 rings (SSSR count). The van der Waals surface area contributed by atoms with E-state index in [0.29, 0.717) is 0 Å². The van der Waals surface area contributed by atoms with Gasteiger partial charge in [0.05, 0.1) is 5.69 Å². The number of pyridine rings is 1. The predicted octanol–water partition coefficient (Wildman–Crippen LogP) is 0.751. The Morgan fingerprint density at radius 2 is 2.17 bits per heavy atom. The van der Waals surface area contributed by atoms with Crippen molar-refractivity contribution >= 4 is 5.82 Å². The second-order valence-electron chi connectivity index (χ2n) is 3.27. The van der Waals surface area contributed by atoms with E-state index < -0.39 is 0 Å². The first-order valence-corrected chi connectivity index (χ1v) is 4.14. The van der Waals surface area contributed by atoms with Crippen LogP contribution >= 0.6 is 0 Å². The van der Waals surface area contributed by atoms with Gasteiger partial charge in [0.25, 0.3) is 0 Å². The van der Waals surface area contributed by atoms with Crippen LogP contribution in [-0.2, 0) is 13.1 Å². The lowest BCUT2D eigenvalue weighted by Crippen LogP contribution is -2.11. The van der Waals surface area contributed by atoms with Crippen LogP contribution in [0.25, 0.3) is 0 Å². The van der Waals surface area contributed by atoms with Gasteiger partial charge in [-0.15, -0.1) is 0 Å². The molecule has 64 valence electrons. The fourth-order valence-electron chi connectivity index (χ4n) is 1.40. The number of rotatable bonds is 1. The van der Waals surface area contributed by atoms with Gasteiger partial charge in [0.2, 0.25) is 0 Å². The van der Waals surface area contributed by atoms with Gasteiger partial charge in [-0.05, 0) is 11.6 Å². The maximum Gasteiger partial charge on any atom is 0.128 e. The van der Waals surface area contributed by atoms with E-state index in [1.54, 1.807) is 0 Å². The van der Waals surface area contributed by atoms with Gasteiger partial charge < -0.3 is 10.2 Å². The van der Waals surface area contributed by atoms with Crippen molar-refractivity contribution in [2.75, 3.05) is 19.0 Å². The Labute approximate surface area is 72.4 Å². The minimum atomic E-state index is 0.914. The van der Waals surface area contributed by atoms with Crippen molar-refractivity contribution in [2.45, 2.75) is 13.1 Å². The molecule has 0 bridgehead atoms. The van der Waals surface area contributed by atoms with Gasteiger partial charge in [0, 0.05) is 27.2 Å². The molecule has 0 aliphatic carbocycles. The lowest BCUT2D eigenvalue weighted by Gasteiger charge is -2.11. The van der Waals surface area contributed by atoms with Crippen molar-refractivity contribution in [3.8, 4) is 0 Å². The summed E-state index contributed by atoms with van der Waals surface area (Å²) in [4.78, 5) is 6.54. The van der Waals surface area contributed by atoms with Crippen LogP contribution < -0.4 is 10.2 Å². The molecule has 12 heavy (non-hydrogen) atoms. The molecule has 3 heteroatoms. The molecule has 1 aliphatic heterocycles. The molecule has 1 aromatic rings. The number of aromatic nitrogens is 1. The number of fused-ring (bicyclic) bond motifs is 1. The molecule has 3 nitrogen and oxygen atoms in total. The number of hydrogen-bond donors (Lipinski definition) is 1. The van der Waals surface area contributed by atoms with Crippen LogP contribution in [0.4, 0.5) is 5.82 Å². The molecule has 0 fully saturated rings. The third-order valence-electron chi connectivity index (χ3n) is 2.12. The Hall–Kier alpha value is -1.09. The van der Waals surface area contributed by atoms with E-state index in [0.717, 1.165) is 18.9 Å². The Bertz CT molecular complexity index is 294. The minimum Gasteiger partial charge on any atom is -0.363 e. The van der Waals surface area contributed by atoms with Gasteiger partial charge >= 0.3 is 0 Å². The molecule has 0 radical (unpaired) electrons. The highest BCUT2D eigenvalue weighted by Crippen LogP contribution is 2.16. The number of anilines is 1. The average molecular weight is 163 g/mol. The molecule has 1 N–H and O–H groups in total. The smallest absolute Gasteiger partial charge is 0.128 e. The van der Waals surface area contributed by atoms with E-state index in [9.17, 15) is 0 Å². The zero-order valence-electron chi connectivity index (χ0n) is 7.46. The summed E-state index contributed by atoms with van der Waals surface area (Å²) in [5, 5.41) is 3.27. The first kappa shape index (κ1) is 7.55. The van der Waals surface area contributed by atoms with Gasteiger partial charge in [-0.3, -0.25) is 0 Å². The molecular weight excluding hydrogens is 150 g/mol. The molecule has 2 heterocycles. The van der Waals surface area contributed by atoms with Crippen molar-refractivity contribution in [3.63, 3.8) is 0 Å². The van der Waals surface area contributed by atoms with Crippen LogP contribution in [-0.4, -0.2) is 19.1 Å². The summed E-state index contributed by atoms with van der Waals surface area (Å²) in [6, 6.07) is 4.21. The van der Waals surface area contributed by atoms with Crippen LogP contribution in [0.3, 0.4) is 0 Å². The maximum atomic E-state index is 4.52. The number of nitrogens with one attached hydrogen (secondary N) is 1. The Morgan fingerprint density at radius 1 is 1.33 bits per heavy atom. The third-order valence-corrected chi connectivity index (χ3v) is 2.12. The van der Waals surface area contributed by atoms with Gasteiger partial charge in [-0.1, -0.05) is 6.07 Å². The summed E-state index contributed by atoms with van der Waals surface area (Å²) < 4.78 is 0. The van der Waals surface area contributed by atoms with E-state index in [1.165, 1.54) is 11.3 Å². The topological polar surface area (TPSA) is 28.2 Å². The van der Waals surface area contributed by atoms with Crippen LogP contribution in [0.2, 0.25) is 0 Å². The number of nitrogens with zero attached hydrogens (tertiary/aromatic N) is 2. The van der Waals surface area contributed by atoms with Crippen molar-refractivity contribution < 1.29 is 0 Å². The summed E-state index contributed by atoms with van der Waals surface area (Å²) in [6.07, 6.45) is 0. The van der Waals surface area contributed by atoms with Gasteiger partial charge in [-0.25, -0.2) is 4.98 Å². The molecule has 0 saturated heterocycles. The van der Waals surface area contributed by atoms with Crippen molar-refractivity contribution in [1.29, 1.82) is 0 Å². The fourth-order valence-corrected chi connectivity index (χ4v) is 1.40. The highest BCUT2D eigenvalue weighted by molar-refractivity contribution is 5.41. The highest BCUT2D eigenvalue weighted by atomic mass is 15.1. The Balaban J connectivity index is 2.39. The van der Waals surface area contributed by atoms with Crippen LogP contribution in [0.15, 0.2) is 12.1 Å². The summed E-state index contributed by atoms with van der Waals surface area (Å²) >= 11 is 0. The molecule has 1 aromatic heterocycles. The summed E-state index contributed by atoms with van der Waals surface area (Å²) in [5.41, 5.74) is 2.53. The van der Waals surface area contributed by atoms with E-state index in [4.69, 9.17) is 0 Å². The molecule has 0 saturated carbocycles. The third kappa shape index (κ3) is 1.16. The van der Waals surface area contributed by atoms with Crippen molar-refractivity contribution in [2.24, 2.45) is 0 Å². The first-order valence-electron chi connectivity index (χ1n) is 4.14. The van der Waals surface area contributed by atoms with E-state index in [2.05, 4.69) is 22.4 Å². The summed E-state index contributed by atoms with van der Waals surface area (Å²) in [7, 11) is 4.02. The van der Waals surface area contributed by atoms with Crippen LogP contribution in [0.1, 0.15) is 11.3 Å². The van der Waals surface area contributed by atoms with Crippen LogP contribution in [0, 0.1) is 0 Å². The standard InChI is InChI=1S/C9H13N3/c1-12(2)9-4-3-7-5-10-6-8(7)11-9/h3-4,10H,5-6H2,1-2H3. The summed E-state index contributed by atoms with van der Waals surface area (Å²) in [6.45, 7) is 1.88. The molecular formula is C9H13N3. The molecule has 0 amide bonds. The van der Waals surface area contributed by atoms with E-state index in [1.807, 2.05) is 19.0 Å². The summed E-state index contributed by atoms with van der Waals surface area (Å²) in [5.74, 6) is 1.04. The van der Waals surface area contributed by atoms with Gasteiger partial charge in [-0.2, -0.15) is 0 Å². The normalized spacial score (nSPS) is 14.5. The van der Waals surface area contributed by atoms with E-state index >= 15 is 0 Å². The first-order chi connectivity index (χ1) is 5.77. The molecule has 0 unspecified atom stereocenters. The number of hydrogen-bond acceptors (Lipinski definition) is 3. The van der Waals surface area contributed by atoms with Crippen LogP contribution in [0.5, 0.6) is 0 Å². The maximum absolute atomic E-state index is 4.52. The molecule has 0 spiro atoms.